The van der Waals surface area contributed by atoms with E-state index < -0.39 is 5.97 Å². The fourth-order valence-electron chi connectivity index (χ4n) is 1.54. The van der Waals surface area contributed by atoms with Crippen LogP contribution in [0.15, 0.2) is 33.5 Å². The van der Waals surface area contributed by atoms with Crippen molar-refractivity contribution in [1.29, 1.82) is 0 Å². The van der Waals surface area contributed by atoms with Gasteiger partial charge in [0, 0.05) is 21.3 Å². The maximum Gasteiger partial charge on any atom is 0.356 e. The first-order chi connectivity index (χ1) is 11.8. The number of aromatic nitrogens is 5. The van der Waals surface area contributed by atoms with Gasteiger partial charge in [-0.05, 0) is 56.2 Å². The highest BCUT2D eigenvalue weighted by Gasteiger charge is 2.09. The number of nitrogens with one attached hydrogen (secondary N) is 2. The second-order valence-corrected chi connectivity index (χ2v) is 7.32. The molecule has 0 bridgehead atoms. The molecule has 0 radical (unpaired) electrons. The van der Waals surface area contributed by atoms with Crippen LogP contribution in [0.1, 0.15) is 10.5 Å². The quantitative estimate of drug-likeness (QED) is 0.398. The van der Waals surface area contributed by atoms with Crippen molar-refractivity contribution in [1.82, 2.24) is 25.1 Å². The topological polar surface area (TPSA) is 108 Å². The van der Waals surface area contributed by atoms with Gasteiger partial charge >= 0.3 is 5.97 Å². The Morgan fingerprint density at radius 3 is 2.16 bits per heavy atom. The van der Waals surface area contributed by atoms with E-state index in [4.69, 9.17) is 40.5 Å². The van der Waals surface area contributed by atoms with Crippen molar-refractivity contribution in [2.75, 3.05) is 0 Å². The largest absolute Gasteiger partial charge is 0.476 e. The second-order valence-electron chi connectivity index (χ2n) is 4.29. The van der Waals surface area contributed by atoms with Gasteiger partial charge in [-0.3, -0.25) is 15.2 Å². The lowest BCUT2D eigenvalue weighted by Gasteiger charge is -1.98. The van der Waals surface area contributed by atoms with Crippen LogP contribution in [-0.2, 0) is 0 Å². The molecule has 0 aromatic carbocycles. The summed E-state index contributed by atoms with van der Waals surface area (Å²) < 4.78 is 1.86. The normalized spacial score (nSPS) is 10.1. The molecular formula is C13H7Br2Cl2N5O2S. The molecule has 7 nitrogen and oxygen atoms in total. The summed E-state index contributed by atoms with van der Waals surface area (Å²) in [6.07, 6.45) is 3.03. The molecule has 0 spiro atoms. The van der Waals surface area contributed by atoms with E-state index in [1.54, 1.807) is 12.3 Å². The number of rotatable bonds is 2. The minimum atomic E-state index is -1.12. The average Bonchev–Trinajstić information content (AvgIpc) is 2.93. The van der Waals surface area contributed by atoms with Crippen LogP contribution in [0, 0.1) is 4.77 Å². The SMILES string of the molecule is O=C(O)c1ncc(Br)cc1Cl.S=c1nc(-c2ncc(Br)cc2Cl)[nH][nH]1. The third-order valence-electron chi connectivity index (χ3n) is 2.54. The number of pyridine rings is 2. The van der Waals surface area contributed by atoms with E-state index in [0.717, 1.165) is 4.47 Å². The first-order valence-corrected chi connectivity index (χ1v) is 9.03. The molecule has 25 heavy (non-hydrogen) atoms. The van der Waals surface area contributed by atoms with Crippen molar-refractivity contribution in [3.8, 4) is 11.5 Å². The van der Waals surface area contributed by atoms with Gasteiger partial charge in [-0.1, -0.05) is 23.2 Å². The van der Waals surface area contributed by atoms with Crippen LogP contribution in [0.5, 0.6) is 0 Å². The van der Waals surface area contributed by atoms with Gasteiger partial charge < -0.3 is 5.11 Å². The number of nitrogens with zero attached hydrogens (tertiary/aromatic N) is 3. The van der Waals surface area contributed by atoms with Gasteiger partial charge in [-0.15, -0.1) is 0 Å². The van der Waals surface area contributed by atoms with E-state index in [2.05, 4.69) is 57.0 Å². The third-order valence-corrected chi connectivity index (χ3v) is 4.18. The molecule has 3 aromatic heterocycles. The Kier molecular flexibility index (Phi) is 7.08. The molecule has 0 fully saturated rings. The Morgan fingerprint density at radius 2 is 1.68 bits per heavy atom. The van der Waals surface area contributed by atoms with Gasteiger partial charge in [-0.2, -0.15) is 4.98 Å². The maximum atomic E-state index is 10.4. The molecule has 12 heteroatoms. The fourth-order valence-corrected chi connectivity index (χ4v) is 3.11. The van der Waals surface area contributed by atoms with Crippen LogP contribution in [0.25, 0.3) is 11.5 Å². The zero-order valence-electron chi connectivity index (χ0n) is 11.9. The summed E-state index contributed by atoms with van der Waals surface area (Å²) in [5.41, 5.74) is 0.442. The summed E-state index contributed by atoms with van der Waals surface area (Å²) in [7, 11) is 0. The minimum absolute atomic E-state index is 0.130. The van der Waals surface area contributed by atoms with Crippen LogP contribution in [0.2, 0.25) is 10.0 Å². The van der Waals surface area contributed by atoms with Gasteiger partial charge in [0.1, 0.15) is 5.69 Å². The van der Waals surface area contributed by atoms with Crippen LogP contribution >= 0.6 is 67.3 Å². The molecule has 3 aromatic rings. The predicted octanol–water partition coefficient (Wildman–Crippen LogP) is 5.14. The molecule has 0 aliphatic carbocycles. The fraction of sp³-hybridized carbons (Fsp3) is 0. The molecular weight excluding hydrogens is 521 g/mol. The van der Waals surface area contributed by atoms with Gasteiger partial charge in [-0.25, -0.2) is 9.78 Å². The smallest absolute Gasteiger partial charge is 0.356 e. The number of carbonyl (C=O) groups is 1. The number of aromatic amines is 2. The molecule has 3 N–H and O–H groups in total. The van der Waals surface area contributed by atoms with E-state index in [0.29, 0.717) is 25.8 Å². The lowest BCUT2D eigenvalue weighted by atomic mass is 10.3. The predicted molar refractivity (Wildman–Crippen MR) is 104 cm³/mol. The number of hydrogen-bond acceptors (Lipinski definition) is 5. The summed E-state index contributed by atoms with van der Waals surface area (Å²) in [4.78, 5) is 22.1. The molecule has 0 saturated heterocycles. The summed E-state index contributed by atoms with van der Waals surface area (Å²) in [5.74, 6) is -0.588. The number of hydrogen-bond donors (Lipinski definition) is 3. The molecule has 0 amide bonds. The van der Waals surface area contributed by atoms with E-state index in [-0.39, 0.29) is 10.7 Å². The summed E-state index contributed by atoms with van der Waals surface area (Å²) >= 11 is 22.7. The molecule has 3 rings (SSSR count). The van der Waals surface area contributed by atoms with Crippen LogP contribution in [0.4, 0.5) is 0 Å². The van der Waals surface area contributed by atoms with E-state index >= 15 is 0 Å². The van der Waals surface area contributed by atoms with Crippen LogP contribution < -0.4 is 0 Å². The van der Waals surface area contributed by atoms with Crippen molar-refractivity contribution < 1.29 is 9.90 Å². The zero-order chi connectivity index (χ0) is 18.6. The second kappa shape index (κ2) is 8.86. The number of aromatic carboxylic acids is 1. The molecule has 0 unspecified atom stereocenters. The number of H-pyrrole nitrogens is 2. The number of carboxylic acids is 1. The lowest BCUT2D eigenvalue weighted by Crippen LogP contribution is -2.00. The highest BCUT2D eigenvalue weighted by Crippen LogP contribution is 2.25. The van der Waals surface area contributed by atoms with Gasteiger partial charge in [0.25, 0.3) is 0 Å². The maximum absolute atomic E-state index is 10.4. The van der Waals surface area contributed by atoms with Gasteiger partial charge in [0.2, 0.25) is 4.77 Å². The monoisotopic (exact) mass is 525 g/mol. The Labute approximate surface area is 173 Å². The van der Waals surface area contributed by atoms with E-state index in [9.17, 15) is 4.79 Å². The van der Waals surface area contributed by atoms with Crippen molar-refractivity contribution in [2.24, 2.45) is 0 Å². The van der Waals surface area contributed by atoms with Gasteiger partial charge in [0.05, 0.1) is 10.0 Å². The standard InChI is InChI=1S/C7H4BrClN4S.C6H3BrClNO2/c8-3-1-4(9)5(10-2-3)6-11-7(14)13-12-6;7-3-1-4(8)5(6(10)11)9-2-3/h1-2H,(H2,11,12,13,14);1-2H,(H,10,11). The van der Waals surface area contributed by atoms with Crippen molar-refractivity contribution in [3.05, 3.63) is 54.0 Å². The Hall–Kier alpha value is -1.33. The van der Waals surface area contributed by atoms with Gasteiger partial charge in [0.15, 0.2) is 11.5 Å². The molecule has 0 saturated carbocycles. The van der Waals surface area contributed by atoms with Crippen molar-refractivity contribution in [3.63, 3.8) is 0 Å². The molecule has 0 aliphatic rings. The van der Waals surface area contributed by atoms with Crippen molar-refractivity contribution in [2.45, 2.75) is 0 Å². The van der Waals surface area contributed by atoms with E-state index in [1.807, 2.05) is 0 Å². The summed E-state index contributed by atoms with van der Waals surface area (Å²) in [5, 5.41) is 14.6. The molecule has 130 valence electrons. The minimum Gasteiger partial charge on any atom is -0.476 e. The molecule has 0 atom stereocenters. The Balaban J connectivity index is 0.000000186. The number of carboxylic acid groups (broad SMARTS) is 1. The first-order valence-electron chi connectivity index (χ1n) is 6.28. The third kappa shape index (κ3) is 5.58. The van der Waals surface area contributed by atoms with Crippen LogP contribution in [-0.4, -0.2) is 36.2 Å². The Morgan fingerprint density at radius 1 is 1.08 bits per heavy atom. The Bertz CT molecular complexity index is 979. The molecule has 0 aliphatic heterocycles. The zero-order valence-corrected chi connectivity index (χ0v) is 17.4. The highest BCUT2D eigenvalue weighted by molar-refractivity contribution is 9.10. The lowest BCUT2D eigenvalue weighted by molar-refractivity contribution is 0.0690. The summed E-state index contributed by atoms with van der Waals surface area (Å²) in [6.45, 7) is 0. The first kappa shape index (κ1) is 20.0. The van der Waals surface area contributed by atoms with E-state index in [1.165, 1.54) is 12.3 Å². The highest BCUT2D eigenvalue weighted by atomic mass is 79.9. The summed E-state index contributed by atoms with van der Waals surface area (Å²) in [6, 6.07) is 3.23. The number of halogens is 4. The molecule has 3 heterocycles. The van der Waals surface area contributed by atoms with Crippen molar-refractivity contribution >= 4 is 73.2 Å². The van der Waals surface area contributed by atoms with Crippen LogP contribution in [0.3, 0.4) is 0 Å². The average molecular weight is 528 g/mol.